The Morgan fingerprint density at radius 2 is 2.16 bits per heavy atom. The zero-order valence-corrected chi connectivity index (χ0v) is 10.4. The second kappa shape index (κ2) is 5.04. The van der Waals surface area contributed by atoms with E-state index in [-0.39, 0.29) is 5.95 Å². The first-order valence-corrected chi connectivity index (χ1v) is 5.42. The highest BCUT2D eigenvalue weighted by atomic mass is 19.3. The van der Waals surface area contributed by atoms with Crippen molar-refractivity contribution in [1.82, 2.24) is 19.7 Å². The molecule has 0 spiro atoms. The molecule has 0 saturated heterocycles. The predicted molar refractivity (Wildman–Crippen MR) is 67.5 cm³/mol. The summed E-state index contributed by atoms with van der Waals surface area (Å²) in [6.07, 6.45) is 2.62. The number of nitrogen functional groups attached to an aromatic ring is 1. The van der Waals surface area contributed by atoms with Crippen LogP contribution < -0.4 is 16.4 Å². The number of hydrogen-bond donors (Lipinski definition) is 3. The van der Waals surface area contributed by atoms with Crippen molar-refractivity contribution in [1.29, 1.82) is 0 Å². The highest BCUT2D eigenvalue weighted by Gasteiger charge is 2.12. The van der Waals surface area contributed by atoms with Gasteiger partial charge in [0.1, 0.15) is 0 Å². The van der Waals surface area contributed by atoms with Crippen LogP contribution in [0.5, 0.6) is 0 Å². The number of alkyl halides is 2. The van der Waals surface area contributed by atoms with Gasteiger partial charge in [-0.05, 0) is 6.92 Å². The van der Waals surface area contributed by atoms with Crippen LogP contribution in [0.4, 0.5) is 31.9 Å². The van der Waals surface area contributed by atoms with Crippen LogP contribution in [-0.2, 0) is 0 Å². The number of anilines is 4. The third-order valence-electron chi connectivity index (χ3n) is 2.42. The normalized spacial score (nSPS) is 10.8. The lowest BCUT2D eigenvalue weighted by atomic mass is 10.4. The summed E-state index contributed by atoms with van der Waals surface area (Å²) in [6, 6.07) is 0. The van der Waals surface area contributed by atoms with Crippen LogP contribution in [0.25, 0.3) is 0 Å². The average molecular weight is 269 g/mol. The second-order valence-corrected chi connectivity index (χ2v) is 3.76. The number of rotatable bonds is 4. The van der Waals surface area contributed by atoms with E-state index in [9.17, 15) is 8.78 Å². The summed E-state index contributed by atoms with van der Waals surface area (Å²) in [7, 11) is 1.67. The minimum atomic E-state index is -2.69. The Morgan fingerprint density at radius 3 is 2.74 bits per heavy atom. The minimum Gasteiger partial charge on any atom is -0.394 e. The number of halogens is 2. The molecule has 0 saturated carbocycles. The van der Waals surface area contributed by atoms with E-state index >= 15 is 0 Å². The van der Waals surface area contributed by atoms with Crippen LogP contribution in [-0.4, -0.2) is 26.8 Å². The number of hydrogen-bond acceptors (Lipinski definition) is 6. The van der Waals surface area contributed by atoms with E-state index in [1.807, 2.05) is 0 Å². The van der Waals surface area contributed by atoms with Crippen molar-refractivity contribution in [3.8, 4) is 0 Å². The maximum absolute atomic E-state index is 12.5. The van der Waals surface area contributed by atoms with Gasteiger partial charge in [0.15, 0.2) is 5.82 Å². The van der Waals surface area contributed by atoms with Crippen molar-refractivity contribution < 1.29 is 8.78 Å². The minimum absolute atomic E-state index is 0.246. The molecule has 2 aromatic rings. The Bertz CT molecular complexity index is 581. The Morgan fingerprint density at radius 1 is 1.42 bits per heavy atom. The van der Waals surface area contributed by atoms with Crippen molar-refractivity contribution >= 4 is 23.1 Å². The fourth-order valence-electron chi connectivity index (χ4n) is 1.48. The van der Waals surface area contributed by atoms with E-state index in [0.29, 0.717) is 27.6 Å². The molecule has 0 aliphatic heterocycles. The molecule has 0 bridgehead atoms. The maximum Gasteiger partial charge on any atom is 0.333 e. The van der Waals surface area contributed by atoms with Gasteiger partial charge in [0.25, 0.3) is 0 Å². The molecular formula is C10H13F2N7. The van der Waals surface area contributed by atoms with Crippen molar-refractivity contribution in [2.75, 3.05) is 23.4 Å². The highest BCUT2D eigenvalue weighted by Crippen LogP contribution is 2.22. The molecule has 102 valence electrons. The van der Waals surface area contributed by atoms with Crippen LogP contribution >= 0.6 is 0 Å². The van der Waals surface area contributed by atoms with Gasteiger partial charge < -0.3 is 16.4 Å². The van der Waals surface area contributed by atoms with Crippen LogP contribution in [0.2, 0.25) is 0 Å². The first-order chi connectivity index (χ1) is 9.01. The lowest BCUT2D eigenvalue weighted by Gasteiger charge is -2.07. The smallest absolute Gasteiger partial charge is 0.333 e. The molecule has 0 aliphatic carbocycles. The number of aromatic nitrogens is 4. The average Bonchev–Trinajstić information content (AvgIpc) is 2.73. The van der Waals surface area contributed by atoms with Gasteiger partial charge in [-0.2, -0.15) is 18.9 Å². The molecule has 7 nitrogen and oxygen atoms in total. The van der Waals surface area contributed by atoms with Gasteiger partial charge in [0.05, 0.1) is 29.5 Å². The van der Waals surface area contributed by atoms with E-state index in [1.54, 1.807) is 14.0 Å². The van der Waals surface area contributed by atoms with Crippen molar-refractivity contribution in [2.45, 2.75) is 13.5 Å². The fourth-order valence-corrected chi connectivity index (χ4v) is 1.48. The van der Waals surface area contributed by atoms with Crippen LogP contribution in [0.1, 0.15) is 12.2 Å². The Labute approximate surface area is 107 Å². The summed E-state index contributed by atoms with van der Waals surface area (Å²) in [5.74, 6) is 0.701. The SMILES string of the molecule is CNc1nc(Nc2cn(C(F)F)nc2C)ncc1N. The Hall–Kier alpha value is -2.45. The van der Waals surface area contributed by atoms with Crippen LogP contribution in [0.3, 0.4) is 0 Å². The molecule has 19 heavy (non-hydrogen) atoms. The summed E-state index contributed by atoms with van der Waals surface area (Å²) in [4.78, 5) is 8.06. The van der Waals surface area contributed by atoms with E-state index in [2.05, 4.69) is 25.7 Å². The molecule has 0 radical (unpaired) electrons. The molecule has 0 aliphatic rings. The summed E-state index contributed by atoms with van der Waals surface area (Å²) in [5.41, 5.74) is 6.86. The van der Waals surface area contributed by atoms with Gasteiger partial charge in [-0.15, -0.1) is 0 Å². The zero-order chi connectivity index (χ0) is 14.0. The summed E-state index contributed by atoms with van der Waals surface area (Å²) in [6.45, 7) is -1.08. The predicted octanol–water partition coefficient (Wildman–Crippen LogP) is 1.74. The van der Waals surface area contributed by atoms with E-state index in [1.165, 1.54) is 12.4 Å². The van der Waals surface area contributed by atoms with Crippen LogP contribution in [0.15, 0.2) is 12.4 Å². The van der Waals surface area contributed by atoms with E-state index in [0.717, 1.165) is 0 Å². The van der Waals surface area contributed by atoms with Crippen molar-refractivity contribution in [3.63, 3.8) is 0 Å². The number of nitrogens with zero attached hydrogens (tertiary/aromatic N) is 4. The number of nitrogens with one attached hydrogen (secondary N) is 2. The Balaban J connectivity index is 2.26. The monoisotopic (exact) mass is 269 g/mol. The molecule has 2 heterocycles. The quantitative estimate of drug-likeness (QED) is 0.782. The van der Waals surface area contributed by atoms with Crippen LogP contribution in [0, 0.1) is 6.92 Å². The van der Waals surface area contributed by atoms with Gasteiger partial charge >= 0.3 is 6.55 Å². The molecule has 0 aromatic carbocycles. The lowest BCUT2D eigenvalue weighted by Crippen LogP contribution is -2.04. The summed E-state index contributed by atoms with van der Waals surface area (Å²) >= 11 is 0. The molecule has 0 fully saturated rings. The second-order valence-electron chi connectivity index (χ2n) is 3.76. The van der Waals surface area contributed by atoms with Gasteiger partial charge in [-0.25, -0.2) is 9.67 Å². The number of nitrogens with two attached hydrogens (primary N) is 1. The Kier molecular flexibility index (Phi) is 3.45. The molecular weight excluding hydrogens is 256 g/mol. The largest absolute Gasteiger partial charge is 0.394 e. The van der Waals surface area contributed by atoms with Gasteiger partial charge in [0, 0.05) is 7.05 Å². The molecule has 0 amide bonds. The first-order valence-electron chi connectivity index (χ1n) is 5.42. The summed E-state index contributed by atoms with van der Waals surface area (Å²) < 4.78 is 25.5. The van der Waals surface area contributed by atoms with Gasteiger partial charge in [-0.3, -0.25) is 0 Å². The third-order valence-corrected chi connectivity index (χ3v) is 2.42. The molecule has 2 rings (SSSR count). The lowest BCUT2D eigenvalue weighted by molar-refractivity contribution is 0.0563. The number of aryl methyl sites for hydroxylation is 1. The fraction of sp³-hybridized carbons (Fsp3) is 0.300. The summed E-state index contributed by atoms with van der Waals surface area (Å²) in [5, 5.41) is 9.29. The topological polar surface area (TPSA) is 93.7 Å². The van der Waals surface area contributed by atoms with Gasteiger partial charge in [-0.1, -0.05) is 0 Å². The van der Waals surface area contributed by atoms with Crippen molar-refractivity contribution in [2.24, 2.45) is 0 Å². The molecule has 9 heteroatoms. The standard InChI is InChI=1S/C10H13F2N7/c1-5-7(4-19(18-5)9(11)12)16-10-15-3-6(13)8(14-2)17-10/h3-4,9H,13H2,1-2H3,(H2,14,15,16,17). The van der Waals surface area contributed by atoms with Gasteiger partial charge in [0.2, 0.25) is 5.95 Å². The van der Waals surface area contributed by atoms with Crippen molar-refractivity contribution in [3.05, 3.63) is 18.1 Å². The molecule has 0 unspecified atom stereocenters. The third kappa shape index (κ3) is 2.69. The molecule has 4 N–H and O–H groups in total. The molecule has 2 aromatic heterocycles. The van der Waals surface area contributed by atoms with E-state index < -0.39 is 6.55 Å². The molecule has 0 atom stereocenters. The maximum atomic E-state index is 12.5. The zero-order valence-electron chi connectivity index (χ0n) is 10.4. The van der Waals surface area contributed by atoms with E-state index in [4.69, 9.17) is 5.73 Å². The highest BCUT2D eigenvalue weighted by molar-refractivity contribution is 5.63. The first kappa shape index (κ1) is 13.0.